The molecule has 2 aromatic rings. The van der Waals surface area contributed by atoms with Crippen molar-refractivity contribution in [2.45, 2.75) is 37.6 Å². The fraction of sp³-hybridized carbons (Fsp3) is 0.458. The Bertz CT molecular complexity index is 1170. The van der Waals surface area contributed by atoms with Gasteiger partial charge in [0, 0.05) is 55.8 Å². The van der Waals surface area contributed by atoms with Gasteiger partial charge in [-0.1, -0.05) is 12.1 Å². The number of piperazine rings is 1. The molecule has 10 heteroatoms. The molecule has 0 unspecified atom stereocenters. The molecule has 4 rings (SSSR count). The van der Waals surface area contributed by atoms with E-state index in [1.165, 1.54) is 13.0 Å². The Kier molecular flexibility index (Phi) is 7.61. The molecule has 0 radical (unpaired) electrons. The van der Waals surface area contributed by atoms with E-state index < -0.39 is 10.0 Å². The van der Waals surface area contributed by atoms with Crippen LogP contribution < -0.4 is 14.5 Å². The van der Waals surface area contributed by atoms with Crippen LogP contribution in [0, 0.1) is 5.82 Å². The monoisotopic (exact) mass is 552 g/mol. The zero-order chi connectivity index (χ0) is 24.5. The summed E-state index contributed by atoms with van der Waals surface area (Å²) in [6.07, 6.45) is 1.36. The first-order valence-electron chi connectivity index (χ1n) is 11.5. The van der Waals surface area contributed by atoms with Crippen LogP contribution in [0.25, 0.3) is 0 Å². The number of carbonyl (C=O) groups is 1. The molecule has 0 bridgehead atoms. The van der Waals surface area contributed by atoms with E-state index in [-0.39, 0.29) is 22.7 Å². The van der Waals surface area contributed by atoms with Crippen molar-refractivity contribution in [3.05, 3.63) is 52.3 Å². The number of rotatable bonds is 7. The molecule has 7 nitrogen and oxygen atoms in total. The molecule has 0 aromatic heterocycles. The number of para-hydroxylation sites is 1. The molecule has 0 saturated carbocycles. The second-order valence-electron chi connectivity index (χ2n) is 8.88. The molecule has 1 N–H and O–H groups in total. The Hall–Kier alpha value is -2.01. The van der Waals surface area contributed by atoms with Crippen LogP contribution in [0.4, 0.5) is 15.8 Å². The van der Waals surface area contributed by atoms with Gasteiger partial charge in [0.05, 0.1) is 10.6 Å². The van der Waals surface area contributed by atoms with E-state index in [0.717, 1.165) is 38.3 Å². The lowest BCUT2D eigenvalue weighted by atomic mass is 10.1. The smallest absolute Gasteiger partial charge is 0.241 e. The molecular formula is C24H30BrFN4O3S. The van der Waals surface area contributed by atoms with Gasteiger partial charge in [0.25, 0.3) is 0 Å². The second kappa shape index (κ2) is 10.3. The maximum Gasteiger partial charge on any atom is 0.241 e. The Balaban J connectivity index is 1.30. The first kappa shape index (κ1) is 25.1. The molecule has 0 spiro atoms. The lowest BCUT2D eigenvalue weighted by Crippen LogP contribution is -2.47. The highest BCUT2D eigenvalue weighted by molar-refractivity contribution is 9.10. The lowest BCUT2D eigenvalue weighted by molar-refractivity contribution is -0.116. The van der Waals surface area contributed by atoms with Gasteiger partial charge in [-0.05, 0) is 72.1 Å². The van der Waals surface area contributed by atoms with Crippen molar-refractivity contribution >= 4 is 43.2 Å². The molecule has 184 valence electrons. The van der Waals surface area contributed by atoms with Crippen LogP contribution in [0.15, 0.2) is 45.8 Å². The van der Waals surface area contributed by atoms with E-state index in [4.69, 9.17) is 0 Å². The van der Waals surface area contributed by atoms with E-state index in [2.05, 4.69) is 25.6 Å². The number of benzene rings is 2. The van der Waals surface area contributed by atoms with Crippen LogP contribution in [0.2, 0.25) is 0 Å². The Morgan fingerprint density at radius 3 is 2.53 bits per heavy atom. The zero-order valence-corrected chi connectivity index (χ0v) is 21.8. The number of hydrogen-bond acceptors (Lipinski definition) is 5. The van der Waals surface area contributed by atoms with Crippen LogP contribution >= 0.6 is 15.9 Å². The first-order chi connectivity index (χ1) is 16.2. The van der Waals surface area contributed by atoms with Crippen molar-refractivity contribution in [2.75, 3.05) is 49.1 Å². The van der Waals surface area contributed by atoms with E-state index in [1.807, 2.05) is 17.9 Å². The minimum absolute atomic E-state index is 0.00386. The van der Waals surface area contributed by atoms with Crippen LogP contribution in [0.1, 0.15) is 25.8 Å². The minimum Gasteiger partial charge on any atom is -0.367 e. The molecule has 1 amide bonds. The summed E-state index contributed by atoms with van der Waals surface area (Å²) in [4.78, 5) is 18.2. The van der Waals surface area contributed by atoms with Crippen molar-refractivity contribution in [1.29, 1.82) is 0 Å². The largest absolute Gasteiger partial charge is 0.367 e. The summed E-state index contributed by atoms with van der Waals surface area (Å²) < 4.78 is 43.2. The number of halogens is 2. The number of fused-ring (bicyclic) bond motifs is 1. The second-order valence-corrected chi connectivity index (χ2v) is 11.5. The van der Waals surface area contributed by atoms with E-state index >= 15 is 0 Å². The SMILES string of the molecule is CC(=O)N1c2cc(S(=O)(=O)NCCCN3CCN(c4ccccc4F)CC3)c(Br)cc2C[C@@H]1C. The molecule has 2 aromatic carbocycles. The number of nitrogens with zero attached hydrogens (tertiary/aromatic N) is 3. The van der Waals surface area contributed by atoms with Crippen molar-refractivity contribution in [3.8, 4) is 0 Å². The molecule has 34 heavy (non-hydrogen) atoms. The minimum atomic E-state index is -3.73. The highest BCUT2D eigenvalue weighted by Crippen LogP contribution is 2.37. The number of sulfonamides is 1. The van der Waals surface area contributed by atoms with E-state index in [9.17, 15) is 17.6 Å². The zero-order valence-electron chi connectivity index (χ0n) is 19.4. The summed E-state index contributed by atoms with van der Waals surface area (Å²) >= 11 is 3.40. The van der Waals surface area contributed by atoms with Crippen LogP contribution in [-0.2, 0) is 21.2 Å². The van der Waals surface area contributed by atoms with Crippen molar-refractivity contribution in [2.24, 2.45) is 0 Å². The van der Waals surface area contributed by atoms with Gasteiger partial charge in [0.15, 0.2) is 0 Å². The quantitative estimate of drug-likeness (QED) is 0.533. The van der Waals surface area contributed by atoms with Crippen LogP contribution in [0.5, 0.6) is 0 Å². The topological polar surface area (TPSA) is 73.0 Å². The number of carbonyl (C=O) groups excluding carboxylic acids is 1. The van der Waals surface area contributed by atoms with Gasteiger partial charge >= 0.3 is 0 Å². The molecule has 2 aliphatic rings. The van der Waals surface area contributed by atoms with Gasteiger partial charge in [-0.2, -0.15) is 0 Å². The van der Waals surface area contributed by atoms with Gasteiger partial charge in [-0.25, -0.2) is 17.5 Å². The highest BCUT2D eigenvalue weighted by atomic mass is 79.9. The fourth-order valence-corrected chi connectivity index (χ4v) is 6.99. The average Bonchev–Trinajstić information content (AvgIpc) is 3.11. The van der Waals surface area contributed by atoms with Gasteiger partial charge in [0.1, 0.15) is 5.82 Å². The third-order valence-electron chi connectivity index (χ3n) is 6.49. The maximum absolute atomic E-state index is 14.0. The molecular weight excluding hydrogens is 523 g/mol. The van der Waals surface area contributed by atoms with Gasteiger partial charge in [-0.3, -0.25) is 9.69 Å². The van der Waals surface area contributed by atoms with Gasteiger partial charge in [0.2, 0.25) is 15.9 Å². The number of anilines is 2. The summed E-state index contributed by atoms with van der Waals surface area (Å²) in [6, 6.07) is 10.2. The number of nitrogens with one attached hydrogen (secondary N) is 1. The predicted molar refractivity (Wildman–Crippen MR) is 135 cm³/mol. The normalized spacial score (nSPS) is 18.9. The van der Waals surface area contributed by atoms with Gasteiger partial charge in [-0.15, -0.1) is 0 Å². The molecule has 1 saturated heterocycles. The Labute approximate surface area is 209 Å². The third kappa shape index (κ3) is 5.30. The molecule has 2 heterocycles. The summed E-state index contributed by atoms with van der Waals surface area (Å²) in [6.45, 7) is 7.60. The van der Waals surface area contributed by atoms with E-state index in [0.29, 0.717) is 35.2 Å². The summed E-state index contributed by atoms with van der Waals surface area (Å²) in [5.74, 6) is -0.302. The summed E-state index contributed by atoms with van der Waals surface area (Å²) in [5, 5.41) is 0. The van der Waals surface area contributed by atoms with Crippen molar-refractivity contribution in [3.63, 3.8) is 0 Å². The van der Waals surface area contributed by atoms with Crippen molar-refractivity contribution in [1.82, 2.24) is 9.62 Å². The first-order valence-corrected chi connectivity index (χ1v) is 13.8. The number of hydrogen-bond donors (Lipinski definition) is 1. The summed E-state index contributed by atoms with van der Waals surface area (Å²) in [5.41, 5.74) is 2.26. The van der Waals surface area contributed by atoms with Crippen LogP contribution in [0.3, 0.4) is 0 Å². The highest BCUT2D eigenvalue weighted by Gasteiger charge is 2.32. The van der Waals surface area contributed by atoms with E-state index in [1.54, 1.807) is 29.2 Å². The summed E-state index contributed by atoms with van der Waals surface area (Å²) in [7, 11) is -3.73. The van der Waals surface area contributed by atoms with Crippen molar-refractivity contribution < 1.29 is 17.6 Å². The molecule has 1 fully saturated rings. The fourth-order valence-electron chi connectivity index (χ4n) is 4.81. The molecule has 2 aliphatic heterocycles. The van der Waals surface area contributed by atoms with Crippen LogP contribution in [-0.4, -0.2) is 64.5 Å². The Morgan fingerprint density at radius 2 is 1.85 bits per heavy atom. The lowest BCUT2D eigenvalue weighted by Gasteiger charge is -2.36. The standard InChI is InChI=1S/C24H30BrFN4O3S/c1-17-14-19-15-20(25)24(16-23(19)30(17)18(2)31)34(32,33)27-8-5-9-28-10-12-29(13-11-28)22-7-4-3-6-21(22)26/h3-4,6-7,15-17,27H,5,8-14H2,1-2H3/t17-/m0/s1. The van der Waals surface area contributed by atoms with Gasteiger partial charge < -0.3 is 9.80 Å². The molecule has 1 atom stereocenters. The maximum atomic E-state index is 14.0. The Morgan fingerprint density at radius 1 is 1.15 bits per heavy atom. The average molecular weight is 553 g/mol. The predicted octanol–water partition coefficient (Wildman–Crippen LogP) is 3.38. The third-order valence-corrected chi connectivity index (χ3v) is 8.91. The number of amides is 1. The molecule has 0 aliphatic carbocycles.